The first-order valence-electron chi connectivity index (χ1n) is 6.44. The van der Waals surface area contributed by atoms with Gasteiger partial charge in [-0.15, -0.1) is 0 Å². The molecule has 0 radical (unpaired) electrons. The summed E-state index contributed by atoms with van der Waals surface area (Å²) < 4.78 is 4.76. The van der Waals surface area contributed by atoms with Gasteiger partial charge in [0, 0.05) is 17.9 Å². The van der Waals surface area contributed by atoms with E-state index in [1.54, 1.807) is 6.07 Å². The monoisotopic (exact) mass is 264 g/mol. The second-order valence-corrected chi connectivity index (χ2v) is 4.89. The average molecular weight is 264 g/mol. The summed E-state index contributed by atoms with van der Waals surface area (Å²) in [4.78, 5) is 13.9. The molecule has 0 aliphatic carbocycles. The van der Waals surface area contributed by atoms with Crippen molar-refractivity contribution >= 4 is 17.3 Å². The second kappa shape index (κ2) is 5.48. The predicted molar refractivity (Wildman–Crippen MR) is 74.4 cm³/mol. The van der Waals surface area contributed by atoms with E-state index in [2.05, 4.69) is 4.90 Å². The highest BCUT2D eigenvalue weighted by Gasteiger charge is 2.25. The maximum atomic E-state index is 11.7. The molecule has 5 heteroatoms. The summed E-state index contributed by atoms with van der Waals surface area (Å²) >= 11 is 0. The van der Waals surface area contributed by atoms with Crippen molar-refractivity contribution in [2.75, 3.05) is 30.9 Å². The van der Waals surface area contributed by atoms with Crippen molar-refractivity contribution in [3.63, 3.8) is 0 Å². The molecule has 0 spiro atoms. The molecular weight excluding hydrogens is 244 g/mol. The fourth-order valence-electron chi connectivity index (χ4n) is 2.59. The summed E-state index contributed by atoms with van der Waals surface area (Å²) in [7, 11) is 1.34. The molecule has 1 aromatic rings. The van der Waals surface area contributed by atoms with E-state index < -0.39 is 5.97 Å². The quantitative estimate of drug-likeness (QED) is 0.636. The van der Waals surface area contributed by atoms with Crippen LogP contribution in [0.4, 0.5) is 11.4 Å². The molecule has 1 atom stereocenters. The van der Waals surface area contributed by atoms with Crippen LogP contribution < -0.4 is 10.6 Å². The second-order valence-electron chi connectivity index (χ2n) is 4.89. The zero-order valence-corrected chi connectivity index (χ0v) is 11.3. The van der Waals surface area contributed by atoms with Crippen molar-refractivity contribution in [3.8, 4) is 0 Å². The van der Waals surface area contributed by atoms with Gasteiger partial charge >= 0.3 is 5.97 Å². The summed E-state index contributed by atoms with van der Waals surface area (Å²) in [6, 6.07) is 3.83. The van der Waals surface area contributed by atoms with Gasteiger partial charge in [-0.05, 0) is 37.5 Å². The Balaban J connectivity index is 2.41. The lowest BCUT2D eigenvalue weighted by Gasteiger charge is -2.26. The molecule has 0 amide bonds. The molecule has 1 aliphatic heterocycles. The minimum atomic E-state index is -0.429. The zero-order valence-electron chi connectivity index (χ0n) is 11.3. The van der Waals surface area contributed by atoms with Crippen LogP contribution in [0.5, 0.6) is 0 Å². The third-order valence-electron chi connectivity index (χ3n) is 3.70. The van der Waals surface area contributed by atoms with Gasteiger partial charge in [-0.2, -0.15) is 0 Å². The summed E-state index contributed by atoms with van der Waals surface area (Å²) in [6.45, 7) is 2.88. The van der Waals surface area contributed by atoms with Gasteiger partial charge in [-0.3, -0.25) is 0 Å². The number of aliphatic hydroxyl groups is 1. The Kier molecular flexibility index (Phi) is 3.95. The van der Waals surface area contributed by atoms with E-state index >= 15 is 0 Å². The number of carbonyl (C=O) groups excluding carboxylic acids is 1. The van der Waals surface area contributed by atoms with Crippen LogP contribution in [0.1, 0.15) is 28.8 Å². The largest absolute Gasteiger partial charge is 0.465 e. The molecule has 2 rings (SSSR count). The number of hydrogen-bond donors (Lipinski definition) is 2. The van der Waals surface area contributed by atoms with Gasteiger partial charge in [0.05, 0.1) is 25.3 Å². The first-order chi connectivity index (χ1) is 9.08. The van der Waals surface area contributed by atoms with Crippen molar-refractivity contribution in [1.82, 2.24) is 0 Å². The summed E-state index contributed by atoms with van der Waals surface area (Å²) in [6.07, 6.45) is 2.01. The Morgan fingerprint density at radius 3 is 2.95 bits per heavy atom. The third kappa shape index (κ3) is 2.51. The van der Waals surface area contributed by atoms with E-state index in [0.717, 1.165) is 30.6 Å². The van der Waals surface area contributed by atoms with Crippen LogP contribution >= 0.6 is 0 Å². The van der Waals surface area contributed by atoms with E-state index in [0.29, 0.717) is 11.3 Å². The number of rotatable bonds is 3. The van der Waals surface area contributed by atoms with Crippen molar-refractivity contribution in [3.05, 3.63) is 23.3 Å². The van der Waals surface area contributed by atoms with Crippen LogP contribution in [0, 0.1) is 6.92 Å². The number of hydrogen-bond acceptors (Lipinski definition) is 5. The molecule has 0 aromatic heterocycles. The lowest BCUT2D eigenvalue weighted by atomic mass is 10.1. The number of carbonyl (C=O) groups is 1. The summed E-state index contributed by atoms with van der Waals surface area (Å²) in [5.74, 6) is -0.429. The van der Waals surface area contributed by atoms with Gasteiger partial charge in [0.15, 0.2) is 0 Å². The van der Waals surface area contributed by atoms with E-state index in [1.165, 1.54) is 7.11 Å². The Hall–Kier alpha value is -1.75. The fourth-order valence-corrected chi connectivity index (χ4v) is 2.59. The molecule has 0 saturated carbocycles. The highest BCUT2D eigenvalue weighted by atomic mass is 16.5. The molecule has 1 fully saturated rings. The smallest absolute Gasteiger partial charge is 0.340 e. The van der Waals surface area contributed by atoms with E-state index in [-0.39, 0.29) is 12.6 Å². The molecular formula is C14H20N2O3. The number of esters is 1. The fraction of sp³-hybridized carbons (Fsp3) is 0.500. The first-order valence-corrected chi connectivity index (χ1v) is 6.44. The number of nitrogens with zero attached hydrogens (tertiary/aromatic N) is 1. The Labute approximate surface area is 113 Å². The van der Waals surface area contributed by atoms with Crippen LogP contribution in [0.15, 0.2) is 12.1 Å². The molecule has 1 aliphatic rings. The topological polar surface area (TPSA) is 75.8 Å². The van der Waals surface area contributed by atoms with Crippen molar-refractivity contribution < 1.29 is 14.6 Å². The maximum absolute atomic E-state index is 11.7. The minimum Gasteiger partial charge on any atom is -0.465 e. The Morgan fingerprint density at radius 1 is 1.58 bits per heavy atom. The van der Waals surface area contributed by atoms with E-state index in [1.807, 2.05) is 13.0 Å². The van der Waals surface area contributed by atoms with Gasteiger partial charge in [0.2, 0.25) is 0 Å². The third-order valence-corrected chi connectivity index (χ3v) is 3.70. The Morgan fingerprint density at radius 2 is 2.32 bits per heavy atom. The van der Waals surface area contributed by atoms with Crippen molar-refractivity contribution in [1.29, 1.82) is 0 Å². The first kappa shape index (κ1) is 13.7. The van der Waals surface area contributed by atoms with Crippen LogP contribution in [0.2, 0.25) is 0 Å². The van der Waals surface area contributed by atoms with Gasteiger partial charge in [0.1, 0.15) is 0 Å². The molecule has 5 nitrogen and oxygen atoms in total. The number of ether oxygens (including phenoxy) is 1. The Bertz CT molecular complexity index is 488. The molecule has 1 unspecified atom stereocenters. The normalized spacial score (nSPS) is 18.7. The van der Waals surface area contributed by atoms with Crippen molar-refractivity contribution in [2.24, 2.45) is 0 Å². The standard InChI is InChI=1S/C14H20N2O3/c1-9-6-11(16-5-3-4-10(16)8-17)7-12(13(9)15)14(18)19-2/h6-7,10,17H,3-5,8,15H2,1-2H3. The number of nitrogen functional groups attached to an aromatic ring is 1. The van der Waals surface area contributed by atoms with Crippen LogP contribution in [0.3, 0.4) is 0 Å². The van der Waals surface area contributed by atoms with E-state index in [4.69, 9.17) is 10.5 Å². The number of methoxy groups -OCH3 is 1. The number of aliphatic hydroxyl groups excluding tert-OH is 1. The number of anilines is 2. The lowest BCUT2D eigenvalue weighted by Crippen LogP contribution is -2.32. The minimum absolute atomic E-state index is 0.119. The molecule has 1 saturated heterocycles. The van der Waals surface area contributed by atoms with Gasteiger partial charge < -0.3 is 20.5 Å². The van der Waals surface area contributed by atoms with E-state index in [9.17, 15) is 9.90 Å². The number of aryl methyl sites for hydroxylation is 1. The van der Waals surface area contributed by atoms with Gasteiger partial charge in [-0.25, -0.2) is 4.79 Å². The average Bonchev–Trinajstić information content (AvgIpc) is 2.89. The van der Waals surface area contributed by atoms with Crippen LogP contribution in [0.25, 0.3) is 0 Å². The molecule has 0 bridgehead atoms. The van der Waals surface area contributed by atoms with Crippen LogP contribution in [-0.2, 0) is 4.74 Å². The summed E-state index contributed by atoms with van der Waals surface area (Å²) in [5, 5.41) is 9.39. The molecule has 1 aromatic carbocycles. The zero-order chi connectivity index (χ0) is 14.0. The van der Waals surface area contributed by atoms with Crippen LogP contribution in [-0.4, -0.2) is 37.4 Å². The summed E-state index contributed by atoms with van der Waals surface area (Å²) in [5.41, 5.74) is 8.54. The maximum Gasteiger partial charge on any atom is 0.340 e. The van der Waals surface area contributed by atoms with Gasteiger partial charge in [-0.1, -0.05) is 0 Å². The molecule has 3 N–H and O–H groups in total. The molecule has 104 valence electrons. The highest BCUT2D eigenvalue weighted by Crippen LogP contribution is 2.30. The molecule has 1 heterocycles. The predicted octanol–water partition coefficient (Wildman–Crippen LogP) is 1.32. The highest BCUT2D eigenvalue weighted by molar-refractivity contribution is 5.97. The lowest BCUT2D eigenvalue weighted by molar-refractivity contribution is 0.0602. The molecule has 19 heavy (non-hydrogen) atoms. The SMILES string of the molecule is COC(=O)c1cc(N2CCCC2CO)cc(C)c1N. The number of nitrogens with two attached hydrogens (primary N) is 1. The van der Waals surface area contributed by atoms with Gasteiger partial charge in [0.25, 0.3) is 0 Å². The van der Waals surface area contributed by atoms with Crippen molar-refractivity contribution in [2.45, 2.75) is 25.8 Å². The number of benzene rings is 1.